The molecule has 1 aromatic carbocycles. The molecule has 0 bridgehead atoms. The summed E-state index contributed by atoms with van der Waals surface area (Å²) in [7, 11) is 0. The summed E-state index contributed by atoms with van der Waals surface area (Å²) in [4.78, 5) is 12.4. The summed E-state index contributed by atoms with van der Waals surface area (Å²) in [6, 6.07) is 6.05. The van der Waals surface area contributed by atoms with Gasteiger partial charge in [0.2, 0.25) is 5.91 Å². The van der Waals surface area contributed by atoms with Crippen LogP contribution in [0.5, 0.6) is 0 Å². The molecule has 2 rings (SSSR count). The van der Waals surface area contributed by atoms with Crippen LogP contribution in [0.25, 0.3) is 0 Å². The quantitative estimate of drug-likeness (QED) is 0.724. The van der Waals surface area contributed by atoms with E-state index < -0.39 is 0 Å². The molecule has 0 aliphatic heterocycles. The number of amides is 1. The molecule has 3 heteroatoms. The normalized spacial score (nSPS) is 22.0. The monoisotopic (exact) mass is 351 g/mol. The zero-order valence-electron chi connectivity index (χ0n) is 13.1. The molecular weight excluding hydrogens is 326 g/mol. The van der Waals surface area contributed by atoms with Gasteiger partial charge in [-0.3, -0.25) is 4.79 Å². The fourth-order valence-corrected chi connectivity index (χ4v) is 3.75. The van der Waals surface area contributed by atoms with Crippen LogP contribution in [0.3, 0.4) is 0 Å². The number of rotatable bonds is 5. The summed E-state index contributed by atoms with van der Waals surface area (Å²) in [6.07, 6.45) is 8.47. The van der Waals surface area contributed by atoms with Crippen molar-refractivity contribution in [1.29, 1.82) is 0 Å². The van der Waals surface area contributed by atoms with Crippen LogP contribution in [-0.4, -0.2) is 5.91 Å². The number of aryl methyl sites for hydroxylation is 1. The standard InChI is InChI=1S/C18H26BrNO/c1-3-4-5-14-7-9-15(10-8-14)18(21)20-17-11-6-13(2)12-16(17)19/h6,11-12,14-15H,3-5,7-10H2,1-2H3,(H,20,21). The molecule has 0 saturated heterocycles. The Morgan fingerprint density at radius 3 is 2.62 bits per heavy atom. The maximum atomic E-state index is 12.4. The van der Waals surface area contributed by atoms with Crippen molar-refractivity contribution < 1.29 is 4.79 Å². The van der Waals surface area contributed by atoms with Gasteiger partial charge >= 0.3 is 0 Å². The van der Waals surface area contributed by atoms with Crippen molar-refractivity contribution >= 4 is 27.5 Å². The number of nitrogens with one attached hydrogen (secondary N) is 1. The first-order valence-electron chi connectivity index (χ1n) is 8.17. The number of hydrogen-bond acceptors (Lipinski definition) is 1. The van der Waals surface area contributed by atoms with Crippen molar-refractivity contribution in [3.8, 4) is 0 Å². The average molecular weight is 352 g/mol. The lowest BCUT2D eigenvalue weighted by Crippen LogP contribution is -2.27. The highest BCUT2D eigenvalue weighted by Gasteiger charge is 2.26. The Balaban J connectivity index is 1.84. The minimum Gasteiger partial charge on any atom is -0.325 e. The van der Waals surface area contributed by atoms with Gasteiger partial charge in [-0.15, -0.1) is 0 Å². The third-order valence-corrected chi connectivity index (χ3v) is 5.22. The molecule has 0 radical (unpaired) electrons. The summed E-state index contributed by atoms with van der Waals surface area (Å²) in [5.74, 6) is 1.23. The second-order valence-corrected chi connectivity index (χ2v) is 7.19. The smallest absolute Gasteiger partial charge is 0.227 e. The van der Waals surface area contributed by atoms with Gasteiger partial charge in [0.25, 0.3) is 0 Å². The third kappa shape index (κ3) is 4.84. The lowest BCUT2D eigenvalue weighted by Gasteiger charge is -2.27. The summed E-state index contributed by atoms with van der Waals surface area (Å²) < 4.78 is 0.965. The first kappa shape index (κ1) is 16.5. The molecule has 2 nitrogen and oxygen atoms in total. The molecule has 0 spiro atoms. The highest BCUT2D eigenvalue weighted by atomic mass is 79.9. The maximum Gasteiger partial charge on any atom is 0.227 e. The summed E-state index contributed by atoms with van der Waals surface area (Å²) in [6.45, 7) is 4.30. The van der Waals surface area contributed by atoms with Crippen LogP contribution in [0.1, 0.15) is 57.4 Å². The topological polar surface area (TPSA) is 29.1 Å². The first-order chi connectivity index (χ1) is 10.1. The number of benzene rings is 1. The second kappa shape index (κ2) is 7.98. The Bertz CT molecular complexity index is 478. The summed E-state index contributed by atoms with van der Waals surface area (Å²) in [5.41, 5.74) is 2.08. The lowest BCUT2D eigenvalue weighted by molar-refractivity contribution is -0.121. The lowest BCUT2D eigenvalue weighted by atomic mass is 9.79. The van der Waals surface area contributed by atoms with Gasteiger partial charge in [0.15, 0.2) is 0 Å². The number of carbonyl (C=O) groups is 1. The van der Waals surface area contributed by atoms with E-state index in [1.54, 1.807) is 0 Å². The van der Waals surface area contributed by atoms with E-state index >= 15 is 0 Å². The molecule has 1 fully saturated rings. The van der Waals surface area contributed by atoms with Crippen molar-refractivity contribution in [3.05, 3.63) is 28.2 Å². The molecule has 1 aliphatic rings. The predicted octanol–water partition coefficient (Wildman–Crippen LogP) is 5.69. The summed E-state index contributed by atoms with van der Waals surface area (Å²) >= 11 is 3.52. The van der Waals surface area contributed by atoms with Gasteiger partial charge in [-0.25, -0.2) is 0 Å². The van der Waals surface area contributed by atoms with E-state index in [2.05, 4.69) is 28.2 Å². The Morgan fingerprint density at radius 1 is 1.29 bits per heavy atom. The van der Waals surface area contributed by atoms with E-state index in [0.29, 0.717) is 0 Å². The van der Waals surface area contributed by atoms with Gasteiger partial charge in [-0.1, -0.05) is 32.3 Å². The molecule has 0 heterocycles. The molecule has 1 amide bonds. The third-order valence-electron chi connectivity index (χ3n) is 4.57. The molecule has 21 heavy (non-hydrogen) atoms. The van der Waals surface area contributed by atoms with E-state index in [1.165, 1.54) is 37.7 Å². The van der Waals surface area contributed by atoms with Gasteiger partial charge < -0.3 is 5.32 Å². The zero-order valence-corrected chi connectivity index (χ0v) is 14.7. The number of anilines is 1. The number of halogens is 1. The highest BCUT2D eigenvalue weighted by Crippen LogP contribution is 2.33. The Morgan fingerprint density at radius 2 is 2.00 bits per heavy atom. The van der Waals surface area contributed by atoms with E-state index in [1.807, 2.05) is 25.1 Å². The SMILES string of the molecule is CCCCC1CCC(C(=O)Nc2ccc(C)cc2Br)CC1. The minimum atomic E-state index is 0.188. The molecule has 1 N–H and O–H groups in total. The molecule has 1 aromatic rings. The van der Waals surface area contributed by atoms with Gasteiger partial charge in [0.1, 0.15) is 0 Å². The number of unbranched alkanes of at least 4 members (excludes halogenated alkanes) is 1. The molecule has 116 valence electrons. The van der Waals surface area contributed by atoms with Crippen LogP contribution >= 0.6 is 15.9 Å². The van der Waals surface area contributed by atoms with E-state index in [0.717, 1.165) is 28.9 Å². The Kier molecular flexibility index (Phi) is 6.28. The first-order valence-corrected chi connectivity index (χ1v) is 8.96. The minimum absolute atomic E-state index is 0.188. The zero-order chi connectivity index (χ0) is 15.2. The summed E-state index contributed by atoms with van der Waals surface area (Å²) in [5, 5.41) is 3.08. The Hall–Kier alpha value is -0.830. The van der Waals surface area contributed by atoms with Crippen molar-refractivity contribution in [1.82, 2.24) is 0 Å². The maximum absolute atomic E-state index is 12.4. The van der Waals surface area contributed by atoms with Crippen LogP contribution < -0.4 is 5.32 Å². The molecule has 0 aromatic heterocycles. The fraction of sp³-hybridized carbons (Fsp3) is 0.611. The van der Waals surface area contributed by atoms with Crippen LogP contribution in [0, 0.1) is 18.8 Å². The fourth-order valence-electron chi connectivity index (χ4n) is 3.16. The molecule has 1 aliphatic carbocycles. The highest BCUT2D eigenvalue weighted by molar-refractivity contribution is 9.10. The van der Waals surface area contributed by atoms with Gasteiger partial charge in [-0.05, 0) is 72.2 Å². The number of carbonyl (C=O) groups excluding carboxylic acids is 1. The molecule has 0 atom stereocenters. The van der Waals surface area contributed by atoms with Gasteiger partial charge in [0, 0.05) is 10.4 Å². The second-order valence-electron chi connectivity index (χ2n) is 6.33. The Labute approximate surface area is 136 Å². The van der Waals surface area contributed by atoms with Crippen molar-refractivity contribution in [3.63, 3.8) is 0 Å². The molecular formula is C18H26BrNO. The van der Waals surface area contributed by atoms with Crippen LogP contribution in [0.4, 0.5) is 5.69 Å². The van der Waals surface area contributed by atoms with Gasteiger partial charge in [0.05, 0.1) is 5.69 Å². The van der Waals surface area contributed by atoms with E-state index in [9.17, 15) is 4.79 Å². The average Bonchev–Trinajstić information content (AvgIpc) is 2.48. The van der Waals surface area contributed by atoms with E-state index in [-0.39, 0.29) is 11.8 Å². The van der Waals surface area contributed by atoms with Crippen LogP contribution in [0.2, 0.25) is 0 Å². The van der Waals surface area contributed by atoms with E-state index in [4.69, 9.17) is 0 Å². The molecule has 1 saturated carbocycles. The predicted molar refractivity (Wildman–Crippen MR) is 92.5 cm³/mol. The van der Waals surface area contributed by atoms with Crippen molar-refractivity contribution in [2.75, 3.05) is 5.32 Å². The van der Waals surface area contributed by atoms with Crippen LogP contribution in [0.15, 0.2) is 22.7 Å². The largest absolute Gasteiger partial charge is 0.325 e. The number of hydrogen-bond donors (Lipinski definition) is 1. The molecule has 0 unspecified atom stereocenters. The van der Waals surface area contributed by atoms with Crippen LogP contribution in [-0.2, 0) is 4.79 Å². The van der Waals surface area contributed by atoms with Crippen molar-refractivity contribution in [2.24, 2.45) is 11.8 Å². The van der Waals surface area contributed by atoms with Gasteiger partial charge in [-0.2, -0.15) is 0 Å². The van der Waals surface area contributed by atoms with Crippen molar-refractivity contribution in [2.45, 2.75) is 58.8 Å².